The molecule has 2 aliphatic rings. The number of rotatable bonds is 4. The third-order valence-electron chi connectivity index (χ3n) is 4.63. The number of anilines is 1. The maximum Gasteiger partial charge on any atom is 0.151 e. The van der Waals surface area contributed by atoms with Gasteiger partial charge >= 0.3 is 0 Å². The second kappa shape index (κ2) is 5.95. The minimum absolute atomic E-state index is 0.597. The van der Waals surface area contributed by atoms with Gasteiger partial charge in [-0.25, -0.2) is 0 Å². The zero-order valence-corrected chi connectivity index (χ0v) is 12.0. The van der Waals surface area contributed by atoms with Crippen LogP contribution in [0.3, 0.4) is 0 Å². The Balaban J connectivity index is 1.67. The van der Waals surface area contributed by atoms with Gasteiger partial charge in [0.1, 0.15) is 0 Å². The minimum atomic E-state index is 0.597. The Labute approximate surface area is 115 Å². The summed E-state index contributed by atoms with van der Waals surface area (Å²) in [5.74, 6) is 2.01. The van der Waals surface area contributed by atoms with Crippen molar-refractivity contribution in [1.29, 1.82) is 0 Å². The van der Waals surface area contributed by atoms with E-state index in [1.807, 2.05) is 0 Å². The van der Waals surface area contributed by atoms with Crippen molar-refractivity contribution in [2.24, 2.45) is 5.92 Å². The molecule has 106 valence electrons. The van der Waals surface area contributed by atoms with Crippen LogP contribution in [0.5, 0.6) is 0 Å². The number of piperidine rings is 1. The molecule has 4 nitrogen and oxygen atoms in total. The van der Waals surface area contributed by atoms with Crippen LogP contribution < -0.4 is 10.6 Å². The summed E-state index contributed by atoms with van der Waals surface area (Å²) in [6, 6.07) is 0.597. The predicted octanol–water partition coefficient (Wildman–Crippen LogP) is 2.48. The van der Waals surface area contributed by atoms with Gasteiger partial charge in [-0.2, -0.15) is 5.10 Å². The Morgan fingerprint density at radius 2 is 2.11 bits per heavy atom. The smallest absolute Gasteiger partial charge is 0.151 e. The first-order chi connectivity index (χ1) is 9.36. The summed E-state index contributed by atoms with van der Waals surface area (Å²) < 4.78 is 0. The largest absolute Gasteiger partial charge is 0.366 e. The number of hydrogen-bond acceptors (Lipinski definition) is 3. The number of nitrogens with one attached hydrogen (secondary N) is 3. The lowest BCUT2D eigenvalue weighted by Gasteiger charge is -2.26. The molecule has 0 bridgehead atoms. The summed E-state index contributed by atoms with van der Waals surface area (Å²) in [4.78, 5) is 0. The summed E-state index contributed by atoms with van der Waals surface area (Å²) in [7, 11) is 0. The number of H-pyrrole nitrogens is 1. The van der Waals surface area contributed by atoms with Crippen molar-refractivity contribution in [3.05, 3.63) is 11.3 Å². The number of aromatic amines is 1. The van der Waals surface area contributed by atoms with Crippen LogP contribution in [-0.4, -0.2) is 29.3 Å². The predicted molar refractivity (Wildman–Crippen MR) is 78.5 cm³/mol. The number of nitrogens with zero attached hydrogens (tertiary/aromatic N) is 1. The Morgan fingerprint density at radius 3 is 2.89 bits per heavy atom. The topological polar surface area (TPSA) is 52.7 Å². The molecule has 1 unspecified atom stereocenters. The van der Waals surface area contributed by atoms with Crippen molar-refractivity contribution < 1.29 is 0 Å². The average molecular weight is 262 g/mol. The molecule has 0 spiro atoms. The SMILES string of the molecule is CCCC1CCc2[nH]nc(NC3CCNCC3)c2C1. The van der Waals surface area contributed by atoms with Crippen LogP contribution >= 0.6 is 0 Å². The van der Waals surface area contributed by atoms with E-state index in [4.69, 9.17) is 0 Å². The second-order valence-corrected chi connectivity index (χ2v) is 6.10. The van der Waals surface area contributed by atoms with E-state index in [9.17, 15) is 0 Å². The first-order valence-electron chi connectivity index (χ1n) is 7.90. The van der Waals surface area contributed by atoms with Gasteiger partial charge in [0.2, 0.25) is 0 Å². The van der Waals surface area contributed by atoms with Gasteiger partial charge in [-0.3, -0.25) is 5.10 Å². The molecule has 4 heteroatoms. The quantitative estimate of drug-likeness (QED) is 0.781. The molecule has 1 aromatic heterocycles. The number of hydrogen-bond donors (Lipinski definition) is 3. The molecular formula is C15H26N4. The molecule has 1 saturated heterocycles. The Morgan fingerprint density at radius 1 is 1.26 bits per heavy atom. The molecular weight excluding hydrogens is 236 g/mol. The van der Waals surface area contributed by atoms with E-state index in [-0.39, 0.29) is 0 Å². The lowest BCUT2D eigenvalue weighted by atomic mass is 9.84. The molecule has 0 amide bonds. The third-order valence-corrected chi connectivity index (χ3v) is 4.63. The molecule has 1 aliphatic carbocycles. The van der Waals surface area contributed by atoms with Gasteiger partial charge in [0.05, 0.1) is 0 Å². The number of aryl methyl sites for hydroxylation is 1. The van der Waals surface area contributed by atoms with E-state index >= 15 is 0 Å². The third kappa shape index (κ3) is 2.94. The number of fused-ring (bicyclic) bond motifs is 1. The fourth-order valence-electron chi connectivity index (χ4n) is 3.50. The zero-order valence-electron chi connectivity index (χ0n) is 12.0. The van der Waals surface area contributed by atoms with Crippen LogP contribution in [0.15, 0.2) is 0 Å². The number of aromatic nitrogens is 2. The molecule has 0 radical (unpaired) electrons. The van der Waals surface area contributed by atoms with E-state index in [1.54, 1.807) is 0 Å². The van der Waals surface area contributed by atoms with Crippen molar-refractivity contribution in [3.63, 3.8) is 0 Å². The van der Waals surface area contributed by atoms with Crippen LogP contribution in [0.25, 0.3) is 0 Å². The highest BCUT2D eigenvalue weighted by atomic mass is 15.2. The highest BCUT2D eigenvalue weighted by Gasteiger charge is 2.24. The lowest BCUT2D eigenvalue weighted by molar-refractivity contribution is 0.420. The molecule has 19 heavy (non-hydrogen) atoms. The van der Waals surface area contributed by atoms with Gasteiger partial charge in [-0.05, 0) is 51.1 Å². The Bertz CT molecular complexity index is 406. The molecule has 2 heterocycles. The molecule has 1 aliphatic heterocycles. The Kier molecular flexibility index (Phi) is 4.06. The van der Waals surface area contributed by atoms with Crippen molar-refractivity contribution in [2.45, 2.75) is 57.9 Å². The summed E-state index contributed by atoms with van der Waals surface area (Å²) in [6.07, 6.45) is 8.80. The molecule has 1 fully saturated rings. The van der Waals surface area contributed by atoms with Crippen LogP contribution in [-0.2, 0) is 12.8 Å². The Hall–Kier alpha value is -1.03. The molecule has 0 aromatic carbocycles. The average Bonchev–Trinajstić information content (AvgIpc) is 2.83. The highest BCUT2D eigenvalue weighted by molar-refractivity contribution is 5.48. The van der Waals surface area contributed by atoms with Crippen molar-refractivity contribution in [3.8, 4) is 0 Å². The van der Waals surface area contributed by atoms with E-state index in [2.05, 4.69) is 27.8 Å². The summed E-state index contributed by atoms with van der Waals surface area (Å²) in [5, 5.41) is 14.9. The fourth-order valence-corrected chi connectivity index (χ4v) is 3.50. The maximum absolute atomic E-state index is 4.53. The zero-order chi connectivity index (χ0) is 13.1. The fraction of sp³-hybridized carbons (Fsp3) is 0.800. The second-order valence-electron chi connectivity index (χ2n) is 6.10. The molecule has 1 atom stereocenters. The van der Waals surface area contributed by atoms with E-state index in [1.165, 1.54) is 56.2 Å². The van der Waals surface area contributed by atoms with Crippen LogP contribution in [0.2, 0.25) is 0 Å². The monoisotopic (exact) mass is 262 g/mol. The summed E-state index contributed by atoms with van der Waals surface area (Å²) in [6.45, 7) is 4.55. The summed E-state index contributed by atoms with van der Waals surface area (Å²) in [5.41, 5.74) is 2.85. The normalized spacial score (nSPS) is 24.2. The van der Waals surface area contributed by atoms with E-state index in [0.29, 0.717) is 6.04 Å². The van der Waals surface area contributed by atoms with Crippen LogP contribution in [0.1, 0.15) is 50.3 Å². The standard InChI is InChI=1S/C15H26N4/c1-2-3-11-4-5-14-13(10-11)15(19-18-14)17-12-6-8-16-9-7-12/h11-12,16H,2-10H2,1H3,(H2,17,18,19). The van der Waals surface area contributed by atoms with Crippen molar-refractivity contribution in [2.75, 3.05) is 18.4 Å². The van der Waals surface area contributed by atoms with E-state index < -0.39 is 0 Å². The van der Waals surface area contributed by atoms with Gasteiger partial charge in [-0.15, -0.1) is 0 Å². The van der Waals surface area contributed by atoms with Gasteiger partial charge in [0, 0.05) is 17.3 Å². The van der Waals surface area contributed by atoms with Gasteiger partial charge in [0.25, 0.3) is 0 Å². The first-order valence-corrected chi connectivity index (χ1v) is 7.90. The molecule has 3 N–H and O–H groups in total. The summed E-state index contributed by atoms with van der Waals surface area (Å²) >= 11 is 0. The van der Waals surface area contributed by atoms with E-state index in [0.717, 1.165) is 24.8 Å². The molecule has 0 saturated carbocycles. The van der Waals surface area contributed by atoms with Crippen molar-refractivity contribution in [1.82, 2.24) is 15.5 Å². The van der Waals surface area contributed by atoms with Crippen molar-refractivity contribution >= 4 is 5.82 Å². The van der Waals surface area contributed by atoms with Gasteiger partial charge in [0.15, 0.2) is 5.82 Å². The minimum Gasteiger partial charge on any atom is -0.366 e. The first kappa shape index (κ1) is 13.0. The van der Waals surface area contributed by atoms with Gasteiger partial charge < -0.3 is 10.6 Å². The van der Waals surface area contributed by atoms with Crippen LogP contribution in [0, 0.1) is 5.92 Å². The highest BCUT2D eigenvalue weighted by Crippen LogP contribution is 2.32. The van der Waals surface area contributed by atoms with Crippen LogP contribution in [0.4, 0.5) is 5.82 Å². The molecule has 3 rings (SSSR count). The lowest BCUT2D eigenvalue weighted by Crippen LogP contribution is -2.35. The van der Waals surface area contributed by atoms with Gasteiger partial charge in [-0.1, -0.05) is 19.8 Å². The molecule has 1 aromatic rings. The maximum atomic E-state index is 4.53.